The van der Waals surface area contributed by atoms with Crippen molar-refractivity contribution in [3.63, 3.8) is 0 Å². The molecule has 1 aliphatic heterocycles. The molecule has 4 rings (SSSR count). The van der Waals surface area contributed by atoms with Gasteiger partial charge in [0.15, 0.2) is 11.5 Å². The quantitative estimate of drug-likeness (QED) is 0.280. The second kappa shape index (κ2) is 10.0. The molecule has 0 unspecified atom stereocenters. The summed E-state index contributed by atoms with van der Waals surface area (Å²) in [6, 6.07) is 17.8. The van der Waals surface area contributed by atoms with Gasteiger partial charge in [-0.3, -0.25) is 4.31 Å². The molecule has 0 spiro atoms. The van der Waals surface area contributed by atoms with Crippen LogP contribution in [0.1, 0.15) is 21.5 Å². The molecular formula is C26H23NO7S. The number of nitrogens with zero attached hydrogens (tertiary/aromatic N) is 1. The second-order valence-electron chi connectivity index (χ2n) is 7.64. The predicted octanol–water partition coefficient (Wildman–Crippen LogP) is 3.85. The third-order valence-electron chi connectivity index (χ3n) is 5.51. The van der Waals surface area contributed by atoms with Crippen molar-refractivity contribution in [2.24, 2.45) is 0 Å². The van der Waals surface area contributed by atoms with Gasteiger partial charge in [-0.2, -0.15) is 0 Å². The van der Waals surface area contributed by atoms with Crippen LogP contribution in [0.25, 0.3) is 6.08 Å². The van der Waals surface area contributed by atoms with Crippen molar-refractivity contribution in [1.29, 1.82) is 0 Å². The number of fused-ring (bicyclic) bond motifs is 1. The first-order valence-electron chi connectivity index (χ1n) is 10.7. The number of anilines is 1. The lowest BCUT2D eigenvalue weighted by Crippen LogP contribution is -2.29. The third-order valence-corrected chi connectivity index (χ3v) is 7.31. The zero-order valence-corrected chi connectivity index (χ0v) is 19.9. The van der Waals surface area contributed by atoms with Gasteiger partial charge >= 0.3 is 11.9 Å². The monoisotopic (exact) mass is 493 g/mol. The van der Waals surface area contributed by atoms with Crippen LogP contribution in [0.5, 0.6) is 11.5 Å². The molecule has 3 aromatic rings. The van der Waals surface area contributed by atoms with Crippen molar-refractivity contribution in [2.45, 2.75) is 11.3 Å². The van der Waals surface area contributed by atoms with E-state index >= 15 is 0 Å². The molecule has 35 heavy (non-hydrogen) atoms. The fourth-order valence-corrected chi connectivity index (χ4v) is 5.28. The van der Waals surface area contributed by atoms with Gasteiger partial charge in [0.25, 0.3) is 10.0 Å². The summed E-state index contributed by atoms with van der Waals surface area (Å²) in [4.78, 5) is 24.2. The van der Waals surface area contributed by atoms with Gasteiger partial charge in [0.05, 0.1) is 30.4 Å². The molecule has 0 bridgehead atoms. The lowest BCUT2D eigenvalue weighted by Gasteiger charge is -2.20. The van der Waals surface area contributed by atoms with E-state index in [1.165, 1.54) is 61.0 Å². The Balaban J connectivity index is 1.56. The number of carbonyl (C=O) groups excluding carboxylic acids is 2. The highest BCUT2D eigenvalue weighted by atomic mass is 32.2. The van der Waals surface area contributed by atoms with E-state index in [1.54, 1.807) is 24.3 Å². The van der Waals surface area contributed by atoms with E-state index in [1.807, 2.05) is 12.1 Å². The number of esters is 2. The molecule has 9 heteroatoms. The molecule has 0 amide bonds. The maximum Gasteiger partial charge on any atom is 0.343 e. The predicted molar refractivity (Wildman–Crippen MR) is 130 cm³/mol. The highest BCUT2D eigenvalue weighted by Gasteiger charge is 2.31. The maximum atomic E-state index is 13.3. The molecule has 0 atom stereocenters. The van der Waals surface area contributed by atoms with Gasteiger partial charge in [-0.25, -0.2) is 18.0 Å². The minimum absolute atomic E-state index is 0.00101. The fourth-order valence-electron chi connectivity index (χ4n) is 3.73. The van der Waals surface area contributed by atoms with Gasteiger partial charge in [0, 0.05) is 12.6 Å². The molecule has 0 fully saturated rings. The number of ether oxygens (including phenoxy) is 3. The zero-order valence-electron chi connectivity index (χ0n) is 19.1. The van der Waals surface area contributed by atoms with E-state index in [0.29, 0.717) is 24.2 Å². The number of para-hydroxylation sites is 1. The van der Waals surface area contributed by atoms with Crippen LogP contribution in [0.2, 0.25) is 0 Å². The van der Waals surface area contributed by atoms with E-state index in [0.717, 1.165) is 5.56 Å². The SMILES string of the molecule is COC(=O)/C=C/c1ccc(OC(=O)c2cccc(S(=O)(=O)N3CCc4ccccc43)c2)c(OC)c1. The molecule has 0 aliphatic carbocycles. The summed E-state index contributed by atoms with van der Waals surface area (Å²) in [5, 5.41) is 0. The van der Waals surface area contributed by atoms with Crippen molar-refractivity contribution in [3.05, 3.63) is 89.5 Å². The molecule has 1 aliphatic rings. The number of hydrogen-bond acceptors (Lipinski definition) is 7. The number of sulfonamides is 1. The lowest BCUT2D eigenvalue weighted by molar-refractivity contribution is -0.134. The van der Waals surface area contributed by atoms with Gasteiger partial charge in [0.2, 0.25) is 0 Å². The van der Waals surface area contributed by atoms with Crippen LogP contribution in [-0.2, 0) is 26.0 Å². The Hall–Kier alpha value is -4.11. The number of benzene rings is 3. The van der Waals surface area contributed by atoms with E-state index in [9.17, 15) is 18.0 Å². The fraction of sp³-hybridized carbons (Fsp3) is 0.154. The number of carbonyl (C=O) groups is 2. The van der Waals surface area contributed by atoms with Gasteiger partial charge in [0.1, 0.15) is 0 Å². The molecule has 0 N–H and O–H groups in total. The maximum absolute atomic E-state index is 13.3. The first-order valence-corrected chi connectivity index (χ1v) is 12.1. The summed E-state index contributed by atoms with van der Waals surface area (Å²) < 4.78 is 43.3. The van der Waals surface area contributed by atoms with Crippen LogP contribution in [-0.4, -0.2) is 41.1 Å². The molecule has 0 saturated heterocycles. The van der Waals surface area contributed by atoms with E-state index in [-0.39, 0.29) is 22.0 Å². The first-order chi connectivity index (χ1) is 16.8. The van der Waals surface area contributed by atoms with Crippen molar-refractivity contribution >= 4 is 33.7 Å². The average molecular weight is 494 g/mol. The van der Waals surface area contributed by atoms with Crippen molar-refractivity contribution in [3.8, 4) is 11.5 Å². The van der Waals surface area contributed by atoms with E-state index in [2.05, 4.69) is 4.74 Å². The molecule has 1 heterocycles. The van der Waals surface area contributed by atoms with E-state index < -0.39 is 22.0 Å². The minimum atomic E-state index is -3.86. The van der Waals surface area contributed by atoms with Crippen LogP contribution in [0.4, 0.5) is 5.69 Å². The van der Waals surface area contributed by atoms with Gasteiger partial charge in [-0.1, -0.05) is 30.3 Å². The van der Waals surface area contributed by atoms with Crippen molar-refractivity contribution in [1.82, 2.24) is 0 Å². The third kappa shape index (κ3) is 5.04. The molecule has 180 valence electrons. The highest BCUT2D eigenvalue weighted by Crippen LogP contribution is 2.33. The Morgan fingerprint density at radius 2 is 1.74 bits per heavy atom. The van der Waals surface area contributed by atoms with E-state index in [4.69, 9.17) is 9.47 Å². The van der Waals surface area contributed by atoms with Gasteiger partial charge < -0.3 is 14.2 Å². The van der Waals surface area contributed by atoms with Gasteiger partial charge in [-0.05, 0) is 60.0 Å². The summed E-state index contributed by atoms with van der Waals surface area (Å²) in [6.45, 7) is 0.338. The molecule has 0 saturated carbocycles. The topological polar surface area (TPSA) is 99.2 Å². The summed E-state index contributed by atoms with van der Waals surface area (Å²) in [6.07, 6.45) is 3.41. The van der Waals surface area contributed by atoms with Crippen molar-refractivity contribution in [2.75, 3.05) is 25.1 Å². The van der Waals surface area contributed by atoms with Crippen molar-refractivity contribution < 1.29 is 32.2 Å². The molecular weight excluding hydrogens is 470 g/mol. The molecule has 0 aromatic heterocycles. The van der Waals surface area contributed by atoms with Crippen LogP contribution >= 0.6 is 0 Å². The first kappa shape index (κ1) is 24.0. The summed E-state index contributed by atoms with van der Waals surface area (Å²) in [5.74, 6) is -0.830. The standard InChI is InChI=1S/C26H23NO7S/c1-32-24-16-18(11-13-25(28)33-2)10-12-23(24)34-26(29)20-7-5-8-21(17-20)35(30,31)27-15-14-19-6-3-4-9-22(19)27/h3-13,16-17H,14-15H2,1-2H3/b13-11+. The second-order valence-corrected chi connectivity index (χ2v) is 9.50. The molecule has 8 nitrogen and oxygen atoms in total. The Kier molecular flexibility index (Phi) is 6.88. The average Bonchev–Trinajstić information content (AvgIpc) is 3.33. The van der Waals surface area contributed by atoms with Crippen LogP contribution in [0.3, 0.4) is 0 Å². The molecule has 3 aromatic carbocycles. The van der Waals surface area contributed by atoms with Crippen LogP contribution < -0.4 is 13.8 Å². The normalized spacial score (nSPS) is 12.9. The van der Waals surface area contributed by atoms with Crippen LogP contribution in [0.15, 0.2) is 77.7 Å². The summed E-state index contributed by atoms with van der Waals surface area (Å²) in [5.41, 5.74) is 2.32. The number of rotatable bonds is 7. The highest BCUT2D eigenvalue weighted by molar-refractivity contribution is 7.92. The largest absolute Gasteiger partial charge is 0.493 e. The summed E-state index contributed by atoms with van der Waals surface area (Å²) >= 11 is 0. The Bertz CT molecular complexity index is 1410. The zero-order chi connectivity index (χ0) is 25.0. The number of methoxy groups -OCH3 is 2. The molecule has 0 radical (unpaired) electrons. The summed E-state index contributed by atoms with van der Waals surface area (Å²) in [7, 11) is -1.16. The Labute approximate surface area is 203 Å². The van der Waals surface area contributed by atoms with Crippen LogP contribution in [0, 0.1) is 0 Å². The Morgan fingerprint density at radius 3 is 2.51 bits per heavy atom. The smallest absolute Gasteiger partial charge is 0.343 e. The Morgan fingerprint density at radius 1 is 0.943 bits per heavy atom. The number of hydrogen-bond donors (Lipinski definition) is 0. The lowest BCUT2D eigenvalue weighted by atomic mass is 10.2. The van der Waals surface area contributed by atoms with Gasteiger partial charge in [-0.15, -0.1) is 0 Å². The minimum Gasteiger partial charge on any atom is -0.493 e.